The topological polar surface area (TPSA) is 167 Å². The van der Waals surface area contributed by atoms with Crippen molar-refractivity contribution >= 4 is 23.4 Å². The fourth-order valence-electron chi connectivity index (χ4n) is 5.84. The third-order valence-electron chi connectivity index (χ3n) is 8.80. The molecule has 2 saturated heterocycles. The molecular weight excluding hydrogens is 582 g/mol. The highest BCUT2D eigenvalue weighted by Gasteiger charge is 2.50. The summed E-state index contributed by atoms with van der Waals surface area (Å²) in [5.74, 6) is -2.80. The maximum Gasteiger partial charge on any atom is 0.234 e. The summed E-state index contributed by atoms with van der Waals surface area (Å²) in [6.45, 7) is 5.48. The minimum atomic E-state index is -1.43. The zero-order valence-electron chi connectivity index (χ0n) is 26.5. The van der Waals surface area contributed by atoms with Crippen molar-refractivity contribution in [2.45, 2.75) is 82.3 Å². The highest BCUT2D eigenvalue weighted by atomic mass is 16.6. The number of Topliss-reactive ketones (excluding diaryl/α,β-unsaturated/α-hetero) is 2. The second-order valence-corrected chi connectivity index (χ2v) is 12.4. The van der Waals surface area contributed by atoms with Gasteiger partial charge in [0.15, 0.2) is 11.6 Å². The number of carbonyl (C=O) groups excluding carboxylic acids is 4. The third kappa shape index (κ3) is 9.67. The molecule has 2 fully saturated rings. The van der Waals surface area contributed by atoms with E-state index < -0.39 is 59.8 Å². The van der Waals surface area contributed by atoms with E-state index in [0.29, 0.717) is 44.0 Å². The second-order valence-electron chi connectivity index (χ2n) is 12.4. The van der Waals surface area contributed by atoms with Crippen LogP contribution in [0.15, 0.2) is 35.9 Å². The molecule has 2 heterocycles. The van der Waals surface area contributed by atoms with Crippen LogP contribution in [0.2, 0.25) is 0 Å². The number of morpholine rings is 1. The summed E-state index contributed by atoms with van der Waals surface area (Å²) in [6, 6.07) is 4.24. The van der Waals surface area contributed by atoms with E-state index in [1.165, 1.54) is 14.0 Å². The van der Waals surface area contributed by atoms with Crippen molar-refractivity contribution in [1.82, 2.24) is 15.5 Å². The zero-order valence-corrected chi connectivity index (χ0v) is 26.5. The normalized spacial score (nSPS) is 23.4. The molecule has 6 unspecified atom stereocenters. The van der Waals surface area contributed by atoms with Crippen LogP contribution in [0.5, 0.6) is 5.75 Å². The van der Waals surface area contributed by atoms with Gasteiger partial charge in [-0.15, -0.1) is 0 Å². The molecule has 0 aromatic heterocycles. The van der Waals surface area contributed by atoms with Crippen LogP contribution in [0.25, 0.3) is 0 Å². The molecule has 248 valence electrons. The number of nitrogens with zero attached hydrogens (tertiary/aromatic N) is 1. The van der Waals surface area contributed by atoms with E-state index in [1.807, 2.05) is 4.90 Å². The fourth-order valence-corrected chi connectivity index (χ4v) is 5.84. The van der Waals surface area contributed by atoms with Crippen molar-refractivity contribution in [2.24, 2.45) is 5.92 Å². The third-order valence-corrected chi connectivity index (χ3v) is 8.80. The zero-order chi connectivity index (χ0) is 32.6. The van der Waals surface area contributed by atoms with E-state index >= 15 is 0 Å². The number of rotatable bonds is 16. The molecule has 12 heteroatoms. The van der Waals surface area contributed by atoms with Crippen LogP contribution in [-0.4, -0.2) is 109 Å². The van der Waals surface area contributed by atoms with Crippen molar-refractivity contribution < 1.29 is 43.6 Å². The Bertz CT molecular complexity index is 1220. The number of hydrogen-bond donors (Lipinski definition) is 4. The van der Waals surface area contributed by atoms with Gasteiger partial charge in [-0.2, -0.15) is 0 Å². The Kier molecular flexibility index (Phi) is 12.3. The van der Waals surface area contributed by atoms with Gasteiger partial charge in [0.05, 0.1) is 57.6 Å². The Balaban J connectivity index is 1.54. The minimum absolute atomic E-state index is 0.0265. The van der Waals surface area contributed by atoms with Crippen molar-refractivity contribution in [1.29, 1.82) is 0 Å². The molecule has 1 aromatic carbocycles. The lowest BCUT2D eigenvalue weighted by molar-refractivity contribution is -0.138. The van der Waals surface area contributed by atoms with Gasteiger partial charge in [-0.05, 0) is 63.6 Å². The average molecular weight is 630 g/mol. The van der Waals surface area contributed by atoms with Gasteiger partial charge >= 0.3 is 0 Å². The number of amides is 2. The molecule has 1 aromatic rings. The summed E-state index contributed by atoms with van der Waals surface area (Å²) in [7, 11) is 1.51. The van der Waals surface area contributed by atoms with Crippen molar-refractivity contribution in [3.63, 3.8) is 0 Å². The van der Waals surface area contributed by atoms with Gasteiger partial charge in [0.25, 0.3) is 0 Å². The standard InChI is InChI=1S/C33H47N3O9/c1-21(37)29(35-28(39)19-36-13-15-44-16-14-36)27(38)18-25(30(40)23-9-11-24(43-3)12-10-23)32(42)34-26(31(41)33(2)20-45-33)17-22-7-5-4-6-8-22/h7,9-12,21,25-26,29-30,37,40H,4-6,8,13-20H2,1-3H3,(H,34,42)(H,35,39). The lowest BCUT2D eigenvalue weighted by Gasteiger charge is -2.29. The van der Waals surface area contributed by atoms with E-state index in [1.54, 1.807) is 31.2 Å². The number of carbonyl (C=O) groups is 4. The van der Waals surface area contributed by atoms with E-state index in [0.717, 1.165) is 31.3 Å². The first-order chi connectivity index (χ1) is 21.5. The molecule has 1 aliphatic carbocycles. The minimum Gasteiger partial charge on any atom is -0.497 e. The van der Waals surface area contributed by atoms with Crippen molar-refractivity contribution in [3.8, 4) is 5.75 Å². The summed E-state index contributed by atoms with van der Waals surface area (Å²) < 4.78 is 15.9. The van der Waals surface area contributed by atoms with E-state index in [2.05, 4.69) is 16.7 Å². The van der Waals surface area contributed by atoms with Crippen LogP contribution in [0.3, 0.4) is 0 Å². The van der Waals surface area contributed by atoms with Gasteiger partial charge in [-0.3, -0.25) is 24.1 Å². The first kappa shape index (κ1) is 34.7. The smallest absolute Gasteiger partial charge is 0.234 e. The molecule has 3 aliphatic rings. The Morgan fingerprint density at radius 1 is 1.07 bits per heavy atom. The molecule has 4 rings (SSSR count). The second kappa shape index (κ2) is 15.9. The summed E-state index contributed by atoms with van der Waals surface area (Å²) in [4.78, 5) is 55.8. The number of nitrogens with one attached hydrogen (secondary N) is 2. The molecule has 2 aliphatic heterocycles. The van der Waals surface area contributed by atoms with Crippen LogP contribution in [0.1, 0.15) is 64.0 Å². The first-order valence-electron chi connectivity index (χ1n) is 15.8. The number of ether oxygens (including phenoxy) is 3. The van der Waals surface area contributed by atoms with Crippen molar-refractivity contribution in [3.05, 3.63) is 41.5 Å². The predicted octanol–water partition coefficient (Wildman–Crippen LogP) is 1.24. The van der Waals surface area contributed by atoms with Crippen LogP contribution >= 0.6 is 0 Å². The number of allylic oxidation sites excluding steroid dienone is 1. The highest BCUT2D eigenvalue weighted by molar-refractivity contribution is 5.98. The maximum absolute atomic E-state index is 14.0. The number of aliphatic hydroxyl groups excluding tert-OH is 2. The Hall–Kier alpha value is -3.16. The number of methoxy groups -OCH3 is 1. The molecular formula is C33H47N3O9. The molecule has 4 N–H and O–H groups in total. The van der Waals surface area contributed by atoms with Gasteiger partial charge in [-0.25, -0.2) is 0 Å². The van der Waals surface area contributed by atoms with Crippen LogP contribution < -0.4 is 15.4 Å². The summed E-state index contributed by atoms with van der Waals surface area (Å²) >= 11 is 0. The van der Waals surface area contributed by atoms with Gasteiger partial charge in [0.2, 0.25) is 11.8 Å². The Morgan fingerprint density at radius 2 is 1.76 bits per heavy atom. The first-order valence-corrected chi connectivity index (χ1v) is 15.8. The fraction of sp³-hybridized carbons (Fsp3) is 0.636. The Morgan fingerprint density at radius 3 is 2.33 bits per heavy atom. The molecule has 12 nitrogen and oxygen atoms in total. The van der Waals surface area contributed by atoms with Gasteiger partial charge in [0.1, 0.15) is 17.4 Å². The SMILES string of the molecule is COc1ccc(C(O)C(CC(=O)C(NC(=O)CN2CCOCC2)C(C)O)C(=O)NC(CC2=CCCCC2)C(=O)C2(C)CO2)cc1. The Labute approximate surface area is 264 Å². The van der Waals surface area contributed by atoms with E-state index in [9.17, 15) is 29.4 Å². The summed E-state index contributed by atoms with van der Waals surface area (Å²) in [5.41, 5.74) is 0.448. The van der Waals surface area contributed by atoms with E-state index in [-0.39, 0.29) is 18.9 Å². The van der Waals surface area contributed by atoms with Crippen LogP contribution in [0, 0.1) is 5.92 Å². The lowest BCUT2D eigenvalue weighted by atomic mass is 9.86. The number of hydrogen-bond acceptors (Lipinski definition) is 10. The van der Waals surface area contributed by atoms with Crippen molar-refractivity contribution in [2.75, 3.05) is 46.6 Å². The van der Waals surface area contributed by atoms with E-state index in [4.69, 9.17) is 14.2 Å². The lowest BCUT2D eigenvalue weighted by Crippen LogP contribution is -2.53. The highest BCUT2D eigenvalue weighted by Crippen LogP contribution is 2.32. The van der Waals surface area contributed by atoms with Gasteiger partial charge in [-0.1, -0.05) is 23.8 Å². The van der Waals surface area contributed by atoms with Gasteiger partial charge < -0.3 is 35.1 Å². The maximum atomic E-state index is 14.0. The number of benzene rings is 1. The molecule has 0 saturated carbocycles. The summed E-state index contributed by atoms with van der Waals surface area (Å²) in [5, 5.41) is 27.4. The summed E-state index contributed by atoms with van der Waals surface area (Å²) in [6.07, 6.45) is 3.04. The van der Waals surface area contributed by atoms with Gasteiger partial charge in [0, 0.05) is 19.5 Å². The number of epoxide rings is 1. The largest absolute Gasteiger partial charge is 0.497 e. The molecule has 0 radical (unpaired) electrons. The number of aliphatic hydroxyl groups is 2. The molecule has 0 spiro atoms. The predicted molar refractivity (Wildman–Crippen MR) is 164 cm³/mol. The average Bonchev–Trinajstić information content (AvgIpc) is 3.80. The molecule has 6 atom stereocenters. The van der Waals surface area contributed by atoms with Crippen LogP contribution in [0.4, 0.5) is 0 Å². The molecule has 45 heavy (non-hydrogen) atoms. The quantitative estimate of drug-likeness (QED) is 0.154. The monoisotopic (exact) mass is 629 g/mol. The molecule has 0 bridgehead atoms. The molecule has 2 amide bonds. The van der Waals surface area contributed by atoms with Crippen LogP contribution in [-0.2, 0) is 28.7 Å². The number of ketones is 2.